The van der Waals surface area contributed by atoms with Gasteiger partial charge in [-0.3, -0.25) is 28.8 Å². The van der Waals surface area contributed by atoms with Crippen LogP contribution in [0, 0.1) is 10.8 Å². The number of ether oxygens (including phenoxy) is 2. The van der Waals surface area contributed by atoms with E-state index >= 15 is 0 Å². The summed E-state index contributed by atoms with van der Waals surface area (Å²) in [5.41, 5.74) is 5.99. The molecule has 2 atom stereocenters. The molecule has 2 aliphatic carbocycles. The normalized spacial score (nSPS) is 19.2. The van der Waals surface area contributed by atoms with Crippen LogP contribution >= 0.6 is 0 Å². The maximum Gasteiger partial charge on any atom is 0.323 e. The molecule has 2 aliphatic rings. The summed E-state index contributed by atoms with van der Waals surface area (Å²) >= 11 is 0. The first-order valence-electron chi connectivity index (χ1n) is 23.3. The highest BCUT2D eigenvalue weighted by Gasteiger charge is 2.41. The molecular weight excluding hydrogens is 897 g/mol. The average molecular weight is 969 g/mol. The maximum absolute atomic E-state index is 13.2. The zero-order valence-corrected chi connectivity index (χ0v) is 42.3. The molecule has 2 unspecified atom stereocenters. The van der Waals surface area contributed by atoms with E-state index in [0.717, 1.165) is 33.4 Å². The fourth-order valence-electron chi connectivity index (χ4n) is 7.50. The second-order valence-corrected chi connectivity index (χ2v) is 18.6. The Morgan fingerprint density at radius 3 is 1.21 bits per heavy atom. The lowest BCUT2D eigenvalue weighted by Crippen LogP contribution is -2.39. The number of carboxylic acids is 2. The van der Waals surface area contributed by atoms with E-state index in [2.05, 4.69) is 21.3 Å². The molecule has 0 aromatic carbocycles. The van der Waals surface area contributed by atoms with Crippen molar-refractivity contribution in [2.45, 2.75) is 120 Å². The molecule has 16 nitrogen and oxygen atoms in total. The molecule has 0 heterocycles. The van der Waals surface area contributed by atoms with Gasteiger partial charge in [0.15, 0.2) is 23.8 Å². The van der Waals surface area contributed by atoms with Crippen LogP contribution in [0.15, 0.2) is 130 Å². The Hall–Kier alpha value is -7.10. The topological polar surface area (TPSA) is 244 Å². The van der Waals surface area contributed by atoms with Gasteiger partial charge in [-0.05, 0) is 87.5 Å². The van der Waals surface area contributed by atoms with Crippen molar-refractivity contribution >= 4 is 47.5 Å². The fraction of sp³-hybridized carbons (Fsp3) is 0.444. The Kier molecular flexibility index (Phi) is 24.5. The summed E-state index contributed by atoms with van der Waals surface area (Å²) < 4.78 is 11.1. The number of ketones is 2. The maximum atomic E-state index is 13.2. The smallest absolute Gasteiger partial charge is 0.323 e. The van der Waals surface area contributed by atoms with E-state index in [-0.39, 0.29) is 50.3 Å². The quantitative estimate of drug-likeness (QED) is 0.0304. The molecule has 0 aliphatic heterocycles. The monoisotopic (exact) mass is 969 g/mol. The van der Waals surface area contributed by atoms with Crippen molar-refractivity contribution in [2.24, 2.45) is 10.8 Å². The molecule has 2 rings (SSSR count). The van der Waals surface area contributed by atoms with Crippen molar-refractivity contribution in [1.29, 1.82) is 0 Å². The third kappa shape index (κ3) is 21.9. The Balaban J connectivity index is 1.90. The number of carboxylic acid groups (broad SMARTS) is 2. The fourth-order valence-corrected chi connectivity index (χ4v) is 7.50. The zero-order valence-electron chi connectivity index (χ0n) is 42.3. The third-order valence-corrected chi connectivity index (χ3v) is 11.3. The number of rotatable bonds is 24. The van der Waals surface area contributed by atoms with E-state index in [0.29, 0.717) is 24.0 Å². The van der Waals surface area contributed by atoms with E-state index in [1.54, 1.807) is 13.8 Å². The number of esters is 2. The van der Waals surface area contributed by atoms with E-state index in [4.69, 9.17) is 19.7 Å². The van der Waals surface area contributed by atoms with Gasteiger partial charge in [0.1, 0.15) is 13.1 Å². The van der Waals surface area contributed by atoms with Crippen LogP contribution < -0.4 is 21.3 Å². The highest BCUT2D eigenvalue weighted by atomic mass is 16.6. The van der Waals surface area contributed by atoms with Gasteiger partial charge in [-0.25, -0.2) is 9.59 Å². The lowest BCUT2D eigenvalue weighted by atomic mass is 9.71. The van der Waals surface area contributed by atoms with Gasteiger partial charge in [-0.2, -0.15) is 0 Å². The van der Waals surface area contributed by atoms with Crippen LogP contribution in [-0.4, -0.2) is 96.1 Å². The van der Waals surface area contributed by atoms with E-state index in [1.165, 1.54) is 0 Å². The number of urea groups is 2. The molecule has 0 saturated heterocycles. The molecule has 16 heteroatoms. The summed E-state index contributed by atoms with van der Waals surface area (Å²) in [6.45, 7) is 18.7. The molecular formula is C54H72N4O12. The zero-order chi connectivity index (χ0) is 52.6. The first-order valence-corrected chi connectivity index (χ1v) is 23.3. The van der Waals surface area contributed by atoms with Crippen LogP contribution in [-0.2, 0) is 38.2 Å². The first kappa shape index (κ1) is 59.0. The van der Waals surface area contributed by atoms with Crippen LogP contribution in [0.4, 0.5) is 9.59 Å². The van der Waals surface area contributed by atoms with Gasteiger partial charge in [0, 0.05) is 38.8 Å². The minimum Gasteiger partial charge on any atom is -0.480 e. The molecule has 0 bridgehead atoms. The number of hydrogen-bond donors (Lipinski definition) is 6. The van der Waals surface area contributed by atoms with Crippen molar-refractivity contribution in [1.82, 2.24) is 21.3 Å². The molecule has 4 amide bonds. The van der Waals surface area contributed by atoms with Crippen LogP contribution in [0.25, 0.3) is 0 Å². The summed E-state index contributed by atoms with van der Waals surface area (Å²) in [5.74, 6) is -3.91. The Morgan fingerprint density at radius 1 is 0.543 bits per heavy atom. The lowest BCUT2D eigenvalue weighted by Gasteiger charge is -2.36. The second-order valence-electron chi connectivity index (χ2n) is 18.6. The number of amides is 4. The third-order valence-electron chi connectivity index (χ3n) is 11.3. The summed E-state index contributed by atoms with van der Waals surface area (Å²) in [6, 6.07) is -1.30. The predicted molar refractivity (Wildman–Crippen MR) is 269 cm³/mol. The molecule has 0 fully saturated rings. The SMILES string of the molecule is CC1=C(/C=C/C(C)=C/C=C/C(C)=C/C=C/C=C(C)/C=C/C=C(C)/C=C/C2=C(C)C(=O)C(OC(=O)CCCNC(=O)NCC(=O)O)CC2(C)C)C(C)(C)CC(OC(=O)CCCNC(=O)NCC(=O)O)C1=O. The van der Waals surface area contributed by atoms with Crippen LogP contribution in [0.3, 0.4) is 0 Å². The number of aliphatic carboxylic acids is 2. The molecule has 0 aromatic heterocycles. The van der Waals surface area contributed by atoms with Crippen molar-refractivity contribution in [3.63, 3.8) is 0 Å². The Labute approximate surface area is 412 Å². The van der Waals surface area contributed by atoms with Gasteiger partial charge in [0.25, 0.3) is 0 Å². The second kappa shape index (κ2) is 29.0. The average Bonchev–Trinajstić information content (AvgIpc) is 3.27. The van der Waals surface area contributed by atoms with Gasteiger partial charge in [0.2, 0.25) is 0 Å². The molecule has 70 heavy (non-hydrogen) atoms. The van der Waals surface area contributed by atoms with Crippen molar-refractivity contribution < 1.29 is 58.0 Å². The number of Topliss-reactive ketones (excluding diaryl/α,β-unsaturated/α-hetero) is 2. The lowest BCUT2D eigenvalue weighted by molar-refractivity contribution is -0.156. The van der Waals surface area contributed by atoms with E-state index in [9.17, 15) is 38.4 Å². The first-order chi connectivity index (χ1) is 32.8. The van der Waals surface area contributed by atoms with E-state index < -0.39 is 72.1 Å². The van der Waals surface area contributed by atoms with Crippen molar-refractivity contribution in [3.8, 4) is 0 Å². The predicted octanol–water partition coefficient (Wildman–Crippen LogP) is 8.34. The Bertz CT molecular complexity index is 2170. The standard InChI is InChI=1S/C54H72N4O12/c1-35(19-13-21-37(3)25-27-41-39(5)49(65)43(31-53(41,7)8)69-47(63)23-15-29-55-51(67)57-33-45(59)60)17-11-12-18-36(2)20-14-22-38(4)26-28-42-40(6)50(66)44(32-54(42,9)10)70-48(64)24-16-30-56-52(68)58-34-46(61)62/h11-14,17-22,25-28,43-44H,15-16,23-24,29-34H2,1-10H3,(H,59,60)(H,61,62)(H2,55,57,67)(H2,56,58,68)/b12-11+,19-13+,20-14+,27-25+,28-26+,35-17+,36-18+,37-21+,38-22+. The largest absolute Gasteiger partial charge is 0.480 e. The molecule has 0 spiro atoms. The van der Waals surface area contributed by atoms with Gasteiger partial charge in [-0.1, -0.05) is 135 Å². The summed E-state index contributed by atoms with van der Waals surface area (Å²) in [7, 11) is 0. The summed E-state index contributed by atoms with van der Waals surface area (Å²) in [6.07, 6.45) is 27.0. The van der Waals surface area contributed by atoms with E-state index in [1.807, 2.05) is 140 Å². The molecule has 380 valence electrons. The number of carbonyl (C=O) groups excluding carboxylic acids is 6. The van der Waals surface area contributed by atoms with Crippen LogP contribution in [0.2, 0.25) is 0 Å². The highest BCUT2D eigenvalue weighted by Crippen LogP contribution is 2.42. The number of carbonyl (C=O) groups is 8. The molecule has 0 radical (unpaired) electrons. The van der Waals surface area contributed by atoms with Crippen molar-refractivity contribution in [2.75, 3.05) is 26.2 Å². The van der Waals surface area contributed by atoms with Crippen molar-refractivity contribution in [3.05, 3.63) is 130 Å². The number of nitrogens with one attached hydrogen (secondary N) is 4. The Morgan fingerprint density at radius 2 is 0.871 bits per heavy atom. The van der Waals surface area contributed by atoms with Crippen LogP contribution in [0.1, 0.15) is 108 Å². The molecule has 0 aromatic rings. The highest BCUT2D eigenvalue weighted by molar-refractivity contribution is 6.02. The molecule has 6 N–H and O–H groups in total. The minimum atomic E-state index is -1.17. The molecule has 0 saturated carbocycles. The van der Waals surface area contributed by atoms with Gasteiger partial charge in [-0.15, -0.1) is 0 Å². The summed E-state index contributed by atoms with van der Waals surface area (Å²) in [5, 5.41) is 26.5. The number of allylic oxidation sites excluding steroid dienone is 20. The van der Waals surface area contributed by atoms with Gasteiger partial charge >= 0.3 is 35.9 Å². The van der Waals surface area contributed by atoms with Gasteiger partial charge < -0.3 is 41.0 Å². The summed E-state index contributed by atoms with van der Waals surface area (Å²) in [4.78, 5) is 95.7. The van der Waals surface area contributed by atoms with Crippen LogP contribution in [0.5, 0.6) is 0 Å². The number of hydrogen-bond acceptors (Lipinski definition) is 10. The van der Waals surface area contributed by atoms with Gasteiger partial charge in [0.05, 0.1) is 0 Å². The minimum absolute atomic E-state index is 0.00878.